The molecule has 3 heteroatoms. The van der Waals surface area contributed by atoms with Crippen LogP contribution >= 0.6 is 0 Å². The lowest BCUT2D eigenvalue weighted by Gasteiger charge is -1.98. The van der Waals surface area contributed by atoms with Crippen molar-refractivity contribution >= 4 is 12.0 Å². The molecular weight excluding hydrogens is 214 g/mol. The molecule has 1 rings (SSSR count). The van der Waals surface area contributed by atoms with Gasteiger partial charge in [0, 0.05) is 0 Å². The van der Waals surface area contributed by atoms with Gasteiger partial charge in [-0.3, -0.25) is 0 Å². The maximum absolute atomic E-state index is 11.2. The zero-order chi connectivity index (χ0) is 12.7. The first kappa shape index (κ1) is 12.7. The highest BCUT2D eigenvalue weighted by atomic mass is 16.5. The summed E-state index contributed by atoms with van der Waals surface area (Å²) in [6, 6.07) is 11.5. The van der Waals surface area contributed by atoms with Gasteiger partial charge in [0.1, 0.15) is 11.6 Å². The minimum atomic E-state index is -0.617. The van der Waals surface area contributed by atoms with Gasteiger partial charge in [0.15, 0.2) is 0 Å². The summed E-state index contributed by atoms with van der Waals surface area (Å²) in [6.07, 6.45) is 3.40. The topological polar surface area (TPSA) is 50.1 Å². The van der Waals surface area contributed by atoms with Gasteiger partial charge in [0.05, 0.1) is 7.11 Å². The molecular formula is C14H13NO2. The third kappa shape index (κ3) is 3.96. The third-order valence-corrected chi connectivity index (χ3v) is 2.09. The molecule has 1 aromatic carbocycles. The Morgan fingerprint density at radius 3 is 2.53 bits per heavy atom. The van der Waals surface area contributed by atoms with E-state index in [1.807, 2.05) is 49.4 Å². The lowest BCUT2D eigenvalue weighted by Crippen LogP contribution is -2.02. The number of carbonyl (C=O) groups is 1. The average Bonchev–Trinajstić information content (AvgIpc) is 2.36. The van der Waals surface area contributed by atoms with E-state index in [-0.39, 0.29) is 5.57 Å². The fourth-order valence-electron chi connectivity index (χ4n) is 1.33. The summed E-state index contributed by atoms with van der Waals surface area (Å²) in [4.78, 5) is 11.2. The first-order chi connectivity index (χ1) is 8.17. The third-order valence-electron chi connectivity index (χ3n) is 2.09. The summed E-state index contributed by atoms with van der Waals surface area (Å²) in [7, 11) is 1.25. The van der Waals surface area contributed by atoms with E-state index in [2.05, 4.69) is 4.74 Å². The maximum Gasteiger partial charge on any atom is 0.348 e. The van der Waals surface area contributed by atoms with Crippen LogP contribution in [0.25, 0.3) is 6.08 Å². The summed E-state index contributed by atoms with van der Waals surface area (Å²) in [5, 5.41) is 8.80. The van der Waals surface area contributed by atoms with E-state index in [4.69, 9.17) is 5.26 Å². The van der Waals surface area contributed by atoms with Crippen LogP contribution < -0.4 is 0 Å². The van der Waals surface area contributed by atoms with Gasteiger partial charge in [-0.2, -0.15) is 5.26 Å². The van der Waals surface area contributed by atoms with Crippen LogP contribution in [0, 0.1) is 11.3 Å². The van der Waals surface area contributed by atoms with Gasteiger partial charge < -0.3 is 4.74 Å². The van der Waals surface area contributed by atoms with Gasteiger partial charge in [-0.25, -0.2) is 4.79 Å². The molecule has 0 heterocycles. The Hall–Kier alpha value is -2.34. The predicted octanol–water partition coefficient (Wildman–Crippen LogP) is 2.71. The van der Waals surface area contributed by atoms with E-state index in [0.717, 1.165) is 11.1 Å². The second-order valence-electron chi connectivity index (χ2n) is 3.46. The number of carbonyl (C=O) groups excluding carboxylic acids is 1. The van der Waals surface area contributed by atoms with Gasteiger partial charge in [-0.05, 0) is 24.1 Å². The number of hydrogen-bond acceptors (Lipinski definition) is 3. The molecule has 0 saturated carbocycles. The van der Waals surface area contributed by atoms with E-state index in [1.54, 1.807) is 0 Å². The van der Waals surface area contributed by atoms with Crippen molar-refractivity contribution in [2.24, 2.45) is 0 Å². The molecule has 0 aliphatic heterocycles. The number of ether oxygens (including phenoxy) is 1. The summed E-state index contributed by atoms with van der Waals surface area (Å²) >= 11 is 0. The van der Waals surface area contributed by atoms with E-state index in [0.29, 0.717) is 0 Å². The number of hydrogen-bond donors (Lipinski definition) is 0. The quantitative estimate of drug-likeness (QED) is 0.345. The van der Waals surface area contributed by atoms with Crippen LogP contribution in [0.2, 0.25) is 0 Å². The number of allylic oxidation sites excluding steroid dienone is 2. The molecule has 0 atom stereocenters. The van der Waals surface area contributed by atoms with Crippen molar-refractivity contribution in [1.82, 2.24) is 0 Å². The van der Waals surface area contributed by atoms with Crippen LogP contribution in [0.4, 0.5) is 0 Å². The number of nitriles is 1. The summed E-state index contributed by atoms with van der Waals surface area (Å²) in [6.45, 7) is 1.83. The van der Waals surface area contributed by atoms with Crippen molar-refractivity contribution in [1.29, 1.82) is 5.26 Å². The zero-order valence-corrected chi connectivity index (χ0v) is 9.81. The van der Waals surface area contributed by atoms with Gasteiger partial charge >= 0.3 is 5.97 Å². The molecule has 17 heavy (non-hydrogen) atoms. The minimum absolute atomic E-state index is 0.00261. The van der Waals surface area contributed by atoms with E-state index < -0.39 is 5.97 Å². The van der Waals surface area contributed by atoms with Crippen LogP contribution in [0.5, 0.6) is 0 Å². The van der Waals surface area contributed by atoms with E-state index in [1.165, 1.54) is 13.2 Å². The standard InChI is InChI=1S/C14H13NO2/c1-11(8-12-6-4-3-5-7-12)9-13(10-15)14(16)17-2/h3-9H,1-2H3/b11-8-,13-9+. The Morgan fingerprint density at radius 1 is 1.35 bits per heavy atom. The van der Waals surface area contributed by atoms with Crippen LogP contribution in [0.15, 0.2) is 47.6 Å². The number of nitrogens with zero attached hydrogens (tertiary/aromatic N) is 1. The van der Waals surface area contributed by atoms with Crippen LogP contribution in [-0.4, -0.2) is 13.1 Å². The first-order valence-electron chi connectivity index (χ1n) is 5.11. The van der Waals surface area contributed by atoms with Crippen molar-refractivity contribution in [2.75, 3.05) is 7.11 Å². The van der Waals surface area contributed by atoms with Gasteiger partial charge in [0.2, 0.25) is 0 Å². The molecule has 0 amide bonds. The van der Waals surface area contributed by atoms with Gasteiger partial charge in [-0.1, -0.05) is 36.4 Å². The monoisotopic (exact) mass is 227 g/mol. The van der Waals surface area contributed by atoms with Crippen molar-refractivity contribution in [2.45, 2.75) is 6.92 Å². The van der Waals surface area contributed by atoms with Crippen LogP contribution in [0.3, 0.4) is 0 Å². The molecule has 0 saturated heterocycles. The Labute approximate surface area is 101 Å². The van der Waals surface area contributed by atoms with Crippen LogP contribution in [0.1, 0.15) is 12.5 Å². The highest BCUT2D eigenvalue weighted by Gasteiger charge is 2.07. The molecule has 0 N–H and O–H groups in total. The second kappa shape index (κ2) is 6.29. The van der Waals surface area contributed by atoms with Crippen molar-refractivity contribution in [3.8, 4) is 6.07 Å². The molecule has 1 aromatic rings. The number of methoxy groups -OCH3 is 1. The Morgan fingerprint density at radius 2 is 2.00 bits per heavy atom. The SMILES string of the molecule is COC(=O)/C(C#N)=C/C(C)=C\c1ccccc1. The summed E-state index contributed by atoms with van der Waals surface area (Å²) in [5.41, 5.74) is 1.83. The fourth-order valence-corrected chi connectivity index (χ4v) is 1.33. The molecule has 0 fully saturated rings. The molecule has 86 valence electrons. The summed E-state index contributed by atoms with van der Waals surface area (Å²) < 4.78 is 4.50. The molecule has 0 aromatic heterocycles. The normalized spacial score (nSPS) is 11.8. The first-order valence-corrected chi connectivity index (χ1v) is 5.11. The van der Waals surface area contributed by atoms with Crippen molar-refractivity contribution in [3.05, 3.63) is 53.1 Å². The Balaban J connectivity index is 2.95. The van der Waals surface area contributed by atoms with Crippen LogP contribution in [-0.2, 0) is 9.53 Å². The zero-order valence-electron chi connectivity index (χ0n) is 9.81. The molecule has 0 aliphatic rings. The Kier molecular flexibility index (Phi) is 4.71. The molecule has 0 spiro atoms. The minimum Gasteiger partial charge on any atom is -0.465 e. The van der Waals surface area contributed by atoms with Crippen molar-refractivity contribution < 1.29 is 9.53 Å². The van der Waals surface area contributed by atoms with Gasteiger partial charge in [-0.15, -0.1) is 0 Å². The molecule has 0 bridgehead atoms. The highest BCUT2D eigenvalue weighted by Crippen LogP contribution is 2.09. The summed E-state index contributed by atoms with van der Waals surface area (Å²) in [5.74, 6) is -0.617. The highest BCUT2D eigenvalue weighted by molar-refractivity contribution is 5.93. The number of rotatable bonds is 3. The lowest BCUT2D eigenvalue weighted by atomic mass is 10.1. The lowest BCUT2D eigenvalue weighted by molar-refractivity contribution is -0.135. The Bertz CT molecular complexity index is 493. The average molecular weight is 227 g/mol. The van der Waals surface area contributed by atoms with Gasteiger partial charge in [0.25, 0.3) is 0 Å². The second-order valence-corrected chi connectivity index (χ2v) is 3.46. The maximum atomic E-state index is 11.2. The largest absolute Gasteiger partial charge is 0.465 e. The molecule has 0 unspecified atom stereocenters. The van der Waals surface area contributed by atoms with E-state index in [9.17, 15) is 4.79 Å². The molecule has 3 nitrogen and oxygen atoms in total. The number of esters is 1. The number of benzene rings is 1. The fraction of sp³-hybridized carbons (Fsp3) is 0.143. The van der Waals surface area contributed by atoms with E-state index >= 15 is 0 Å². The predicted molar refractivity (Wildman–Crippen MR) is 65.8 cm³/mol. The smallest absolute Gasteiger partial charge is 0.348 e. The molecule has 0 radical (unpaired) electrons. The molecule has 0 aliphatic carbocycles. The van der Waals surface area contributed by atoms with Crippen molar-refractivity contribution in [3.63, 3.8) is 0 Å².